The van der Waals surface area contributed by atoms with Crippen LogP contribution in [0.15, 0.2) is 350 Å². The standard InChI is InChI=1S/C46H28N2O.C46H28N2S/c2*1-4-21-40-34(13-1)35-16-9-19-38-44(35)48(40)41-22-5-2-17-36(41)46(38)37-18-3-6-23-42(37)49-45-33(15-8-20-39(45)46)30-26-24-29(25-27-30)32-14-7-11-31-12-10-28-47-43(31)32/h2*1-28H. The second-order valence-electron chi connectivity index (χ2n) is 26.1. The maximum absolute atomic E-state index is 7.00. The van der Waals surface area contributed by atoms with Crippen molar-refractivity contribution in [3.05, 3.63) is 384 Å². The minimum atomic E-state index is -0.588. The fraction of sp³-hybridized carbons (Fsp3) is 0.0217. The first-order chi connectivity index (χ1) is 48.6. The first kappa shape index (κ1) is 55.0. The fourth-order valence-electron chi connectivity index (χ4n) is 17.5. The average molecular weight is 1270 g/mol. The van der Waals surface area contributed by atoms with E-state index >= 15 is 0 Å². The predicted molar refractivity (Wildman–Crippen MR) is 402 cm³/mol. The van der Waals surface area contributed by atoms with Crippen LogP contribution in [0.2, 0.25) is 0 Å². The zero-order chi connectivity index (χ0) is 64.2. The molecule has 0 saturated heterocycles. The van der Waals surface area contributed by atoms with Crippen molar-refractivity contribution in [3.8, 4) is 67.4 Å². The van der Waals surface area contributed by atoms with Gasteiger partial charge in [-0.25, -0.2) is 0 Å². The largest absolute Gasteiger partial charge is 0.456 e. The van der Waals surface area contributed by atoms with Crippen molar-refractivity contribution in [1.82, 2.24) is 19.1 Å². The van der Waals surface area contributed by atoms with E-state index in [0.29, 0.717) is 0 Å². The summed E-state index contributed by atoms with van der Waals surface area (Å²) in [5, 5.41) is 7.42. The molecule has 98 heavy (non-hydrogen) atoms. The molecular weight excluding hydrogens is 1210 g/mol. The number of para-hydroxylation sites is 10. The van der Waals surface area contributed by atoms with Crippen molar-refractivity contribution < 1.29 is 4.74 Å². The van der Waals surface area contributed by atoms with Crippen molar-refractivity contribution in [2.24, 2.45) is 0 Å². The Balaban J connectivity index is 0.000000129. The van der Waals surface area contributed by atoms with Gasteiger partial charge in [-0.05, 0) is 110 Å². The Kier molecular flexibility index (Phi) is 11.8. The van der Waals surface area contributed by atoms with E-state index < -0.39 is 10.8 Å². The van der Waals surface area contributed by atoms with E-state index in [2.05, 4.69) is 325 Å². The first-order valence-corrected chi connectivity index (χ1v) is 34.4. The Morgan fingerprint density at radius 1 is 0.286 bits per heavy atom. The van der Waals surface area contributed by atoms with Crippen LogP contribution in [0, 0.1) is 0 Å². The monoisotopic (exact) mass is 1260 g/mol. The van der Waals surface area contributed by atoms with Crippen molar-refractivity contribution in [3.63, 3.8) is 0 Å². The van der Waals surface area contributed by atoms with E-state index in [4.69, 9.17) is 14.7 Å². The molecule has 0 saturated carbocycles. The molecule has 4 aliphatic rings. The van der Waals surface area contributed by atoms with Crippen LogP contribution >= 0.6 is 11.8 Å². The van der Waals surface area contributed by atoms with Gasteiger partial charge in [-0.15, -0.1) is 0 Å². The van der Waals surface area contributed by atoms with Gasteiger partial charge in [0.15, 0.2) is 0 Å². The van der Waals surface area contributed by atoms with Gasteiger partial charge in [0.05, 0.1) is 55.3 Å². The summed E-state index contributed by atoms with van der Waals surface area (Å²) in [6, 6.07) is 120. The molecule has 4 aliphatic heterocycles. The lowest BCUT2D eigenvalue weighted by atomic mass is 9.61. The third kappa shape index (κ3) is 7.52. The molecule has 0 fully saturated rings. The topological polar surface area (TPSA) is 44.9 Å². The zero-order valence-electron chi connectivity index (χ0n) is 52.9. The molecule has 6 heteroatoms. The molecule has 0 bridgehead atoms. The summed E-state index contributed by atoms with van der Waals surface area (Å²) in [6.45, 7) is 0. The second kappa shape index (κ2) is 21.1. The molecule has 22 rings (SSSR count). The highest BCUT2D eigenvalue weighted by molar-refractivity contribution is 7.99. The minimum Gasteiger partial charge on any atom is -0.456 e. The number of nitrogens with zero attached hydrogens (tertiary/aromatic N) is 4. The van der Waals surface area contributed by atoms with Gasteiger partial charge >= 0.3 is 0 Å². The number of hydrogen-bond acceptors (Lipinski definition) is 4. The number of hydrogen-bond donors (Lipinski definition) is 0. The van der Waals surface area contributed by atoms with Gasteiger partial charge in [-0.3, -0.25) is 9.97 Å². The second-order valence-corrected chi connectivity index (χ2v) is 27.2. The maximum Gasteiger partial charge on any atom is 0.140 e. The SMILES string of the molecule is c1ccc2c(c1)Oc1c(-c3ccc(-c4cccc5cccnc45)cc3)cccc1C21c2ccccc2-n2c3ccccc3c3cccc1c32.c1ccc2c(c1)Sc1c(-c3ccc(-c4cccc5cccnc45)cc3)cccc1C21c2ccccc2-n2c3ccccc3c3cccc1c32. The maximum atomic E-state index is 7.00. The Labute approximate surface area is 569 Å². The van der Waals surface area contributed by atoms with Gasteiger partial charge in [-0.1, -0.05) is 291 Å². The molecule has 2 spiro atoms. The minimum absolute atomic E-state index is 0.484. The van der Waals surface area contributed by atoms with Crippen LogP contribution in [0.5, 0.6) is 11.5 Å². The normalized spacial score (nSPS) is 15.7. The number of aromatic nitrogens is 4. The van der Waals surface area contributed by atoms with E-state index in [-0.39, 0.29) is 0 Å². The van der Waals surface area contributed by atoms with E-state index in [1.165, 1.54) is 115 Å². The van der Waals surface area contributed by atoms with Crippen molar-refractivity contribution in [2.75, 3.05) is 0 Å². The number of fused-ring (bicyclic) bond motifs is 24. The van der Waals surface area contributed by atoms with E-state index in [1.807, 2.05) is 36.3 Å². The Bertz CT molecular complexity index is 6000. The molecule has 0 amide bonds. The van der Waals surface area contributed by atoms with Crippen LogP contribution in [0.4, 0.5) is 0 Å². The number of rotatable bonds is 4. The van der Waals surface area contributed by atoms with Gasteiger partial charge in [0, 0.05) is 82.3 Å². The van der Waals surface area contributed by atoms with Crippen LogP contribution in [-0.4, -0.2) is 19.1 Å². The third-order valence-electron chi connectivity index (χ3n) is 21.4. The van der Waals surface area contributed by atoms with Crippen LogP contribution in [0.1, 0.15) is 44.5 Å². The quantitative estimate of drug-likeness (QED) is 0.176. The highest BCUT2D eigenvalue weighted by Crippen LogP contribution is 2.64. The molecule has 0 radical (unpaired) electrons. The molecule has 4 aromatic heterocycles. The highest BCUT2D eigenvalue weighted by atomic mass is 32.2. The highest BCUT2D eigenvalue weighted by Gasteiger charge is 2.52. The van der Waals surface area contributed by atoms with E-state index in [1.54, 1.807) is 0 Å². The summed E-state index contributed by atoms with van der Waals surface area (Å²) in [5.41, 5.74) is 27.9. The molecule has 8 heterocycles. The van der Waals surface area contributed by atoms with Gasteiger partial charge in [0.2, 0.25) is 0 Å². The number of ether oxygens (including phenoxy) is 1. The Hall–Kier alpha value is -12.4. The smallest absolute Gasteiger partial charge is 0.140 e. The van der Waals surface area contributed by atoms with Crippen LogP contribution in [-0.2, 0) is 10.8 Å². The summed E-state index contributed by atoms with van der Waals surface area (Å²) in [6.07, 6.45) is 3.75. The van der Waals surface area contributed by atoms with Crippen molar-refractivity contribution >= 4 is 77.2 Å². The van der Waals surface area contributed by atoms with Crippen molar-refractivity contribution in [1.29, 1.82) is 0 Å². The lowest BCUT2D eigenvalue weighted by Gasteiger charge is -2.45. The van der Waals surface area contributed by atoms with Crippen LogP contribution in [0.25, 0.3) is 121 Å². The van der Waals surface area contributed by atoms with Gasteiger partial charge in [0.1, 0.15) is 11.5 Å². The summed E-state index contributed by atoms with van der Waals surface area (Å²) >= 11 is 1.91. The molecular formula is C92H56N4OS. The van der Waals surface area contributed by atoms with Crippen LogP contribution in [0.3, 0.4) is 0 Å². The lowest BCUT2D eigenvalue weighted by Crippen LogP contribution is -2.37. The summed E-state index contributed by atoms with van der Waals surface area (Å²) in [7, 11) is 0. The Morgan fingerprint density at radius 3 is 1.28 bits per heavy atom. The summed E-state index contributed by atoms with van der Waals surface area (Å²) in [4.78, 5) is 12.1. The number of pyridine rings is 2. The van der Waals surface area contributed by atoms with Crippen LogP contribution < -0.4 is 4.74 Å². The Morgan fingerprint density at radius 2 is 0.684 bits per heavy atom. The third-order valence-corrected chi connectivity index (χ3v) is 22.6. The lowest BCUT2D eigenvalue weighted by molar-refractivity contribution is 0.435. The van der Waals surface area contributed by atoms with Gasteiger partial charge in [-0.2, -0.15) is 0 Å². The van der Waals surface area contributed by atoms with Gasteiger partial charge < -0.3 is 13.9 Å². The molecule has 2 unspecified atom stereocenters. The summed E-state index contributed by atoms with van der Waals surface area (Å²) < 4.78 is 12.0. The van der Waals surface area contributed by atoms with E-state index in [0.717, 1.165) is 72.2 Å². The average Bonchev–Trinajstić information content (AvgIpc) is 1.25. The molecule has 14 aromatic carbocycles. The molecule has 2 atom stereocenters. The first-order valence-electron chi connectivity index (χ1n) is 33.6. The molecule has 18 aromatic rings. The summed E-state index contributed by atoms with van der Waals surface area (Å²) in [5.74, 6) is 1.79. The predicted octanol–water partition coefficient (Wildman–Crippen LogP) is 23.3. The molecule has 5 nitrogen and oxygen atoms in total. The number of benzene rings is 14. The zero-order valence-corrected chi connectivity index (χ0v) is 53.8. The fourth-order valence-corrected chi connectivity index (χ4v) is 18.8. The van der Waals surface area contributed by atoms with Gasteiger partial charge in [0.25, 0.3) is 0 Å². The molecule has 0 aliphatic carbocycles. The van der Waals surface area contributed by atoms with Crippen molar-refractivity contribution in [2.45, 2.75) is 20.6 Å². The van der Waals surface area contributed by atoms with E-state index in [9.17, 15) is 0 Å². The molecule has 456 valence electrons. The molecule has 0 N–H and O–H groups in total.